The van der Waals surface area contributed by atoms with Crippen LogP contribution in [0.2, 0.25) is 0 Å². The number of nitrogens with zero attached hydrogens (tertiary/aromatic N) is 1. The number of aromatic hydroxyl groups is 1. The van der Waals surface area contributed by atoms with Gasteiger partial charge in [0.05, 0.1) is 5.69 Å². The van der Waals surface area contributed by atoms with Gasteiger partial charge in [-0.05, 0) is 52.7 Å². The zero-order valence-corrected chi connectivity index (χ0v) is 11.0. The fraction of sp³-hybridized carbons (Fsp3) is 0.0714. The summed E-state index contributed by atoms with van der Waals surface area (Å²) in [5.41, 5.74) is 2.71. The normalized spacial score (nSPS) is 10.9. The molecule has 0 heterocycles. The van der Waals surface area contributed by atoms with Crippen molar-refractivity contribution in [2.45, 2.75) is 6.92 Å². The molecular formula is C14H12BrNO. The molecule has 0 unspecified atom stereocenters. The first kappa shape index (κ1) is 11.9. The highest BCUT2D eigenvalue weighted by Crippen LogP contribution is 2.26. The second-order valence-electron chi connectivity index (χ2n) is 3.77. The quantitative estimate of drug-likeness (QED) is 0.825. The van der Waals surface area contributed by atoms with Crippen molar-refractivity contribution < 1.29 is 5.11 Å². The van der Waals surface area contributed by atoms with Gasteiger partial charge in [0.15, 0.2) is 0 Å². The molecule has 2 aromatic rings. The van der Waals surface area contributed by atoms with Crippen molar-refractivity contribution in [3.63, 3.8) is 0 Å². The van der Waals surface area contributed by atoms with E-state index in [-0.39, 0.29) is 5.75 Å². The SMILES string of the molecule is Cc1ccc(Br)c(N=Cc2ccccc2O)c1. The first-order valence-corrected chi connectivity index (χ1v) is 6.04. The van der Waals surface area contributed by atoms with E-state index in [2.05, 4.69) is 20.9 Å². The molecule has 0 saturated carbocycles. The van der Waals surface area contributed by atoms with Crippen molar-refractivity contribution in [3.05, 3.63) is 58.1 Å². The molecule has 0 spiro atoms. The van der Waals surface area contributed by atoms with Crippen molar-refractivity contribution in [2.24, 2.45) is 4.99 Å². The molecule has 0 aliphatic carbocycles. The Labute approximate surface area is 109 Å². The van der Waals surface area contributed by atoms with Crippen LogP contribution in [0, 0.1) is 6.92 Å². The number of benzene rings is 2. The highest BCUT2D eigenvalue weighted by molar-refractivity contribution is 9.10. The maximum absolute atomic E-state index is 9.61. The Kier molecular flexibility index (Phi) is 3.59. The summed E-state index contributed by atoms with van der Waals surface area (Å²) in [6.45, 7) is 2.02. The van der Waals surface area contributed by atoms with Gasteiger partial charge in [-0.2, -0.15) is 0 Å². The van der Waals surface area contributed by atoms with Gasteiger partial charge in [-0.1, -0.05) is 18.2 Å². The number of para-hydroxylation sites is 1. The third-order valence-corrected chi connectivity index (χ3v) is 3.05. The smallest absolute Gasteiger partial charge is 0.124 e. The second-order valence-corrected chi connectivity index (χ2v) is 4.63. The first-order valence-electron chi connectivity index (χ1n) is 5.25. The van der Waals surface area contributed by atoms with E-state index >= 15 is 0 Å². The average Bonchev–Trinajstić information content (AvgIpc) is 2.32. The Hall–Kier alpha value is -1.61. The molecule has 0 aromatic heterocycles. The van der Waals surface area contributed by atoms with E-state index in [1.165, 1.54) is 0 Å². The molecule has 86 valence electrons. The van der Waals surface area contributed by atoms with Crippen LogP contribution in [-0.2, 0) is 0 Å². The monoisotopic (exact) mass is 289 g/mol. The van der Waals surface area contributed by atoms with Crippen LogP contribution in [-0.4, -0.2) is 11.3 Å². The molecule has 1 N–H and O–H groups in total. The number of phenols is 1. The maximum Gasteiger partial charge on any atom is 0.124 e. The van der Waals surface area contributed by atoms with Gasteiger partial charge in [-0.3, -0.25) is 4.99 Å². The standard InChI is InChI=1S/C14H12BrNO/c1-10-6-7-12(15)13(8-10)16-9-11-4-2-3-5-14(11)17/h2-9,17H,1H3. The summed E-state index contributed by atoms with van der Waals surface area (Å²) in [4.78, 5) is 4.37. The Balaban J connectivity index is 2.32. The number of aryl methyl sites for hydroxylation is 1. The number of phenolic OH excluding ortho intramolecular Hbond substituents is 1. The molecule has 0 amide bonds. The lowest BCUT2D eigenvalue weighted by Crippen LogP contribution is -1.81. The molecule has 0 aliphatic rings. The minimum Gasteiger partial charge on any atom is -0.507 e. The summed E-state index contributed by atoms with van der Waals surface area (Å²) in [5.74, 6) is 0.236. The fourth-order valence-corrected chi connectivity index (χ4v) is 1.81. The highest BCUT2D eigenvalue weighted by Gasteiger charge is 1.99. The molecule has 0 aliphatic heterocycles. The van der Waals surface area contributed by atoms with Gasteiger partial charge in [0.25, 0.3) is 0 Å². The van der Waals surface area contributed by atoms with E-state index in [9.17, 15) is 5.11 Å². The summed E-state index contributed by atoms with van der Waals surface area (Å²) in [7, 11) is 0. The molecule has 17 heavy (non-hydrogen) atoms. The van der Waals surface area contributed by atoms with Crippen LogP contribution in [0.25, 0.3) is 0 Å². The Morgan fingerprint density at radius 1 is 1.18 bits per heavy atom. The van der Waals surface area contributed by atoms with E-state index in [0.717, 1.165) is 15.7 Å². The molecule has 0 atom stereocenters. The van der Waals surface area contributed by atoms with Crippen LogP contribution < -0.4 is 0 Å². The van der Waals surface area contributed by atoms with Crippen LogP contribution in [0.15, 0.2) is 51.9 Å². The summed E-state index contributed by atoms with van der Waals surface area (Å²) in [6, 6.07) is 13.1. The molecular weight excluding hydrogens is 278 g/mol. The molecule has 2 nitrogen and oxygen atoms in total. The van der Waals surface area contributed by atoms with Crippen molar-refractivity contribution in [2.75, 3.05) is 0 Å². The molecule has 0 fully saturated rings. The van der Waals surface area contributed by atoms with Crippen molar-refractivity contribution >= 4 is 27.8 Å². The van der Waals surface area contributed by atoms with Crippen LogP contribution in [0.5, 0.6) is 5.75 Å². The van der Waals surface area contributed by atoms with E-state index in [1.807, 2.05) is 37.3 Å². The van der Waals surface area contributed by atoms with E-state index in [1.54, 1.807) is 18.3 Å². The van der Waals surface area contributed by atoms with Gasteiger partial charge in [0.1, 0.15) is 5.75 Å². The minimum atomic E-state index is 0.236. The van der Waals surface area contributed by atoms with Crippen LogP contribution in [0.3, 0.4) is 0 Å². The summed E-state index contributed by atoms with van der Waals surface area (Å²) < 4.78 is 0.940. The van der Waals surface area contributed by atoms with Crippen LogP contribution in [0.1, 0.15) is 11.1 Å². The van der Waals surface area contributed by atoms with E-state index < -0.39 is 0 Å². The van der Waals surface area contributed by atoms with Gasteiger partial charge in [-0.25, -0.2) is 0 Å². The van der Waals surface area contributed by atoms with Gasteiger partial charge >= 0.3 is 0 Å². The Morgan fingerprint density at radius 3 is 2.71 bits per heavy atom. The van der Waals surface area contributed by atoms with Crippen molar-refractivity contribution in [1.29, 1.82) is 0 Å². The minimum absolute atomic E-state index is 0.236. The number of hydrogen-bond donors (Lipinski definition) is 1. The second kappa shape index (κ2) is 5.15. The molecule has 2 rings (SSSR count). The van der Waals surface area contributed by atoms with Gasteiger partial charge in [-0.15, -0.1) is 0 Å². The van der Waals surface area contributed by atoms with Gasteiger partial charge in [0, 0.05) is 16.3 Å². The first-order chi connectivity index (χ1) is 8.16. The topological polar surface area (TPSA) is 32.6 Å². The lowest BCUT2D eigenvalue weighted by Gasteiger charge is -2.00. The van der Waals surface area contributed by atoms with Gasteiger partial charge < -0.3 is 5.11 Å². The maximum atomic E-state index is 9.61. The van der Waals surface area contributed by atoms with Crippen LogP contribution in [0.4, 0.5) is 5.69 Å². The third-order valence-electron chi connectivity index (χ3n) is 2.38. The molecule has 0 bridgehead atoms. The molecule has 0 saturated heterocycles. The fourth-order valence-electron chi connectivity index (χ4n) is 1.46. The average molecular weight is 290 g/mol. The number of halogens is 1. The largest absolute Gasteiger partial charge is 0.507 e. The van der Waals surface area contributed by atoms with Crippen molar-refractivity contribution in [3.8, 4) is 5.75 Å². The third kappa shape index (κ3) is 2.94. The van der Waals surface area contributed by atoms with E-state index in [4.69, 9.17) is 0 Å². The molecule has 3 heteroatoms. The Bertz CT molecular complexity index is 564. The molecule has 0 radical (unpaired) electrons. The predicted molar refractivity (Wildman–Crippen MR) is 74.2 cm³/mol. The number of hydrogen-bond acceptors (Lipinski definition) is 2. The van der Waals surface area contributed by atoms with E-state index in [0.29, 0.717) is 5.56 Å². The van der Waals surface area contributed by atoms with Gasteiger partial charge in [0.2, 0.25) is 0 Å². The summed E-state index contributed by atoms with van der Waals surface area (Å²) >= 11 is 3.45. The predicted octanol–water partition coefficient (Wildman–Crippen LogP) is 4.21. The number of aliphatic imine (C=N–C) groups is 1. The Morgan fingerprint density at radius 2 is 1.94 bits per heavy atom. The zero-order chi connectivity index (χ0) is 12.3. The van der Waals surface area contributed by atoms with Crippen molar-refractivity contribution in [1.82, 2.24) is 0 Å². The van der Waals surface area contributed by atoms with Crippen LogP contribution >= 0.6 is 15.9 Å². The zero-order valence-electron chi connectivity index (χ0n) is 9.39. The number of rotatable bonds is 2. The summed E-state index contributed by atoms with van der Waals surface area (Å²) in [5, 5.41) is 9.61. The summed E-state index contributed by atoms with van der Waals surface area (Å²) in [6.07, 6.45) is 1.66. The lowest BCUT2D eigenvalue weighted by atomic mass is 10.2. The molecule has 2 aromatic carbocycles. The highest BCUT2D eigenvalue weighted by atomic mass is 79.9. The lowest BCUT2D eigenvalue weighted by molar-refractivity contribution is 0.474.